The second-order valence-corrected chi connectivity index (χ2v) is 8.23. The zero-order chi connectivity index (χ0) is 21.9. The van der Waals surface area contributed by atoms with Crippen LogP contribution in [0.15, 0.2) is 24.3 Å². The van der Waals surface area contributed by atoms with Crippen molar-refractivity contribution in [2.45, 2.75) is 64.8 Å². The average molecular weight is 406 g/mol. The summed E-state index contributed by atoms with van der Waals surface area (Å²) in [5.74, 6) is -4.48. The number of carbonyl (C=O) groups excluding carboxylic acids is 3. The van der Waals surface area contributed by atoms with E-state index in [2.05, 4.69) is 0 Å². The summed E-state index contributed by atoms with van der Waals surface area (Å²) < 4.78 is 15.9. The quantitative estimate of drug-likeness (QED) is 0.573. The SMILES string of the molecule is COc1ccc([C@@H]2[C@H](C(=O)OC(C)C)C(=O)C[C@](C)(O)[C@@H]2C(=O)OC(C)C)cc1. The number of Topliss-reactive ketones (excluding diaryl/α,β-unsaturated/α-hetero) is 1. The minimum absolute atomic E-state index is 0.338. The summed E-state index contributed by atoms with van der Waals surface area (Å²) in [5, 5.41) is 11.0. The highest BCUT2D eigenvalue weighted by Crippen LogP contribution is 2.47. The van der Waals surface area contributed by atoms with Crippen LogP contribution in [-0.4, -0.2) is 47.7 Å². The maximum atomic E-state index is 13.0. The van der Waals surface area contributed by atoms with E-state index in [1.54, 1.807) is 52.0 Å². The van der Waals surface area contributed by atoms with Crippen LogP contribution in [0, 0.1) is 11.8 Å². The van der Waals surface area contributed by atoms with Gasteiger partial charge in [-0.05, 0) is 52.3 Å². The Bertz CT molecular complexity index is 741. The molecule has 0 aliphatic heterocycles. The van der Waals surface area contributed by atoms with Gasteiger partial charge in [-0.3, -0.25) is 14.4 Å². The molecule has 1 N–H and O–H groups in total. The number of benzene rings is 1. The second-order valence-electron chi connectivity index (χ2n) is 8.23. The van der Waals surface area contributed by atoms with Gasteiger partial charge in [0.2, 0.25) is 0 Å². The molecular weight excluding hydrogens is 376 g/mol. The van der Waals surface area contributed by atoms with Crippen molar-refractivity contribution < 1.29 is 33.7 Å². The molecule has 0 aromatic heterocycles. The maximum absolute atomic E-state index is 13.0. The van der Waals surface area contributed by atoms with Gasteiger partial charge in [0.25, 0.3) is 0 Å². The van der Waals surface area contributed by atoms with Crippen molar-refractivity contribution in [1.29, 1.82) is 0 Å². The summed E-state index contributed by atoms with van der Waals surface area (Å²) in [6.45, 7) is 8.21. The molecule has 1 aliphatic rings. The fourth-order valence-corrected chi connectivity index (χ4v) is 3.85. The standard InChI is InChI=1S/C22H30O7/c1-12(2)28-20(24)18-16(23)11-22(5,26)19(21(25)29-13(3)4)17(18)14-7-9-15(27-6)10-8-14/h7-10,12-13,17-19,26H,11H2,1-6H3/t17-,18-,19+,22+/m1/s1. The Balaban J connectivity index is 2.60. The van der Waals surface area contributed by atoms with E-state index in [0.717, 1.165) is 0 Å². The fraction of sp³-hybridized carbons (Fsp3) is 0.591. The summed E-state index contributed by atoms with van der Waals surface area (Å²) in [5.41, 5.74) is -1.11. The molecule has 0 heterocycles. The molecular formula is C22H30O7. The van der Waals surface area contributed by atoms with Crippen molar-refractivity contribution in [3.05, 3.63) is 29.8 Å². The average Bonchev–Trinajstić information content (AvgIpc) is 2.58. The van der Waals surface area contributed by atoms with Crippen molar-refractivity contribution in [2.75, 3.05) is 7.11 Å². The zero-order valence-electron chi connectivity index (χ0n) is 17.8. The Labute approximate surface area is 171 Å². The van der Waals surface area contributed by atoms with Crippen molar-refractivity contribution >= 4 is 17.7 Å². The Morgan fingerprint density at radius 2 is 1.55 bits per heavy atom. The highest BCUT2D eigenvalue weighted by molar-refractivity contribution is 6.02. The largest absolute Gasteiger partial charge is 0.497 e. The van der Waals surface area contributed by atoms with Crippen LogP contribution in [0.5, 0.6) is 5.75 Å². The highest BCUT2D eigenvalue weighted by Gasteiger charge is 2.57. The van der Waals surface area contributed by atoms with Crippen LogP contribution in [0.25, 0.3) is 0 Å². The smallest absolute Gasteiger partial charge is 0.317 e. The van der Waals surface area contributed by atoms with Crippen molar-refractivity contribution in [1.82, 2.24) is 0 Å². The van der Waals surface area contributed by atoms with Crippen LogP contribution in [0.4, 0.5) is 0 Å². The minimum Gasteiger partial charge on any atom is -0.497 e. The molecule has 1 saturated carbocycles. The number of methoxy groups -OCH3 is 1. The van der Waals surface area contributed by atoms with Gasteiger partial charge in [-0.15, -0.1) is 0 Å². The minimum atomic E-state index is -1.66. The van der Waals surface area contributed by atoms with Crippen molar-refractivity contribution in [3.63, 3.8) is 0 Å². The molecule has 7 heteroatoms. The lowest BCUT2D eigenvalue weighted by atomic mass is 9.61. The first kappa shape index (κ1) is 22.9. The molecule has 1 aromatic carbocycles. The number of carbonyl (C=O) groups is 3. The third-order valence-electron chi connectivity index (χ3n) is 4.98. The van der Waals surface area contributed by atoms with Crippen LogP contribution in [0.2, 0.25) is 0 Å². The lowest BCUT2D eigenvalue weighted by Crippen LogP contribution is -2.55. The summed E-state index contributed by atoms with van der Waals surface area (Å²) in [4.78, 5) is 38.7. The number of hydrogen-bond donors (Lipinski definition) is 1. The van der Waals surface area contributed by atoms with Crippen LogP contribution in [0.1, 0.15) is 52.5 Å². The molecule has 0 spiro atoms. The molecule has 0 unspecified atom stereocenters. The Morgan fingerprint density at radius 3 is 2.03 bits per heavy atom. The number of aliphatic hydroxyl groups is 1. The van der Waals surface area contributed by atoms with Gasteiger partial charge in [0.15, 0.2) is 5.78 Å². The van der Waals surface area contributed by atoms with Gasteiger partial charge in [0.1, 0.15) is 11.7 Å². The third-order valence-corrected chi connectivity index (χ3v) is 4.98. The molecule has 0 radical (unpaired) electrons. The van der Waals surface area contributed by atoms with Crippen LogP contribution in [-0.2, 0) is 23.9 Å². The number of rotatable bonds is 6. The van der Waals surface area contributed by atoms with Gasteiger partial charge < -0.3 is 19.3 Å². The maximum Gasteiger partial charge on any atom is 0.317 e. The van der Waals surface area contributed by atoms with Crippen molar-refractivity contribution in [2.24, 2.45) is 11.8 Å². The molecule has 1 aromatic rings. The summed E-state index contributed by atoms with van der Waals surface area (Å²) >= 11 is 0. The normalized spacial score (nSPS) is 27.1. The highest BCUT2D eigenvalue weighted by atomic mass is 16.5. The number of esters is 2. The first-order valence-corrected chi connectivity index (χ1v) is 9.78. The lowest BCUT2D eigenvalue weighted by molar-refractivity contribution is -0.176. The predicted molar refractivity (Wildman–Crippen MR) is 105 cm³/mol. The second kappa shape index (κ2) is 8.95. The van der Waals surface area contributed by atoms with E-state index in [4.69, 9.17) is 14.2 Å². The molecule has 29 heavy (non-hydrogen) atoms. The Kier molecular flexibility index (Phi) is 7.06. The summed E-state index contributed by atoms with van der Waals surface area (Å²) in [6, 6.07) is 6.73. The van der Waals surface area contributed by atoms with E-state index in [9.17, 15) is 19.5 Å². The first-order valence-electron chi connectivity index (χ1n) is 9.78. The summed E-state index contributed by atoms with van der Waals surface area (Å²) in [7, 11) is 1.52. The molecule has 0 saturated heterocycles. The molecule has 1 aliphatic carbocycles. The molecule has 1 fully saturated rings. The number of ketones is 1. The molecule has 0 amide bonds. The van der Waals surface area contributed by atoms with Crippen LogP contribution < -0.4 is 4.74 Å². The molecule has 160 valence electrons. The molecule has 0 bridgehead atoms. The van der Waals surface area contributed by atoms with Crippen molar-refractivity contribution in [3.8, 4) is 5.75 Å². The van der Waals surface area contributed by atoms with E-state index in [0.29, 0.717) is 11.3 Å². The van der Waals surface area contributed by atoms with E-state index in [1.165, 1.54) is 14.0 Å². The number of hydrogen-bond acceptors (Lipinski definition) is 7. The van der Waals surface area contributed by atoms with E-state index in [-0.39, 0.29) is 6.42 Å². The van der Waals surface area contributed by atoms with Gasteiger partial charge in [0.05, 0.1) is 30.8 Å². The van der Waals surface area contributed by atoms with Gasteiger partial charge >= 0.3 is 11.9 Å². The van der Waals surface area contributed by atoms with Crippen LogP contribution >= 0.6 is 0 Å². The predicted octanol–water partition coefficient (Wildman–Crippen LogP) is 2.64. The fourth-order valence-electron chi connectivity index (χ4n) is 3.85. The van der Waals surface area contributed by atoms with E-state index < -0.39 is 53.3 Å². The lowest BCUT2D eigenvalue weighted by Gasteiger charge is -2.44. The van der Waals surface area contributed by atoms with Gasteiger partial charge in [0, 0.05) is 12.3 Å². The Hall–Kier alpha value is -2.41. The third kappa shape index (κ3) is 5.15. The number of ether oxygens (including phenoxy) is 3. The van der Waals surface area contributed by atoms with Gasteiger partial charge in [-0.1, -0.05) is 12.1 Å². The first-order chi connectivity index (χ1) is 13.5. The van der Waals surface area contributed by atoms with Gasteiger partial charge in [-0.25, -0.2) is 0 Å². The van der Waals surface area contributed by atoms with E-state index >= 15 is 0 Å². The topological polar surface area (TPSA) is 99.1 Å². The van der Waals surface area contributed by atoms with E-state index in [1.807, 2.05) is 0 Å². The zero-order valence-corrected chi connectivity index (χ0v) is 17.8. The van der Waals surface area contributed by atoms with Crippen LogP contribution in [0.3, 0.4) is 0 Å². The molecule has 2 rings (SSSR count). The van der Waals surface area contributed by atoms with Gasteiger partial charge in [-0.2, -0.15) is 0 Å². The summed E-state index contributed by atoms with van der Waals surface area (Å²) in [6.07, 6.45) is -1.17. The molecule has 4 atom stereocenters. The monoisotopic (exact) mass is 406 g/mol. The molecule has 7 nitrogen and oxygen atoms in total. The Morgan fingerprint density at radius 1 is 1.03 bits per heavy atom.